The molecule has 1 aromatic carbocycles. The van der Waals surface area contributed by atoms with Crippen molar-refractivity contribution in [2.24, 2.45) is 5.92 Å². The molecule has 1 aromatic rings. The number of benzene rings is 1. The van der Waals surface area contributed by atoms with Crippen molar-refractivity contribution >= 4 is 23.2 Å². The van der Waals surface area contributed by atoms with E-state index in [0.717, 1.165) is 12.3 Å². The van der Waals surface area contributed by atoms with Crippen molar-refractivity contribution in [2.45, 2.75) is 32.1 Å². The smallest absolute Gasteiger partial charge is 0.0595 e. The van der Waals surface area contributed by atoms with Crippen molar-refractivity contribution in [2.75, 3.05) is 0 Å². The average molecular weight is 229 g/mol. The first kappa shape index (κ1) is 10.3. The fraction of sp³-hybridized carbons (Fsp3) is 0.500. The summed E-state index contributed by atoms with van der Waals surface area (Å²) in [6, 6.07) is 5.99. The summed E-state index contributed by atoms with van der Waals surface area (Å²) in [5.74, 6) is 0.868. The van der Waals surface area contributed by atoms with Gasteiger partial charge >= 0.3 is 0 Å². The first-order valence-corrected chi connectivity index (χ1v) is 5.95. The number of hydrogen-bond acceptors (Lipinski definition) is 0. The second kappa shape index (κ2) is 4.55. The molecule has 0 amide bonds. The third kappa shape index (κ3) is 2.43. The van der Waals surface area contributed by atoms with Gasteiger partial charge in [-0.15, -0.1) is 0 Å². The highest BCUT2D eigenvalue weighted by Crippen LogP contribution is 2.30. The van der Waals surface area contributed by atoms with Gasteiger partial charge in [-0.05, 0) is 30.0 Å². The molecule has 2 heteroatoms. The maximum atomic E-state index is 5.97. The van der Waals surface area contributed by atoms with Gasteiger partial charge < -0.3 is 0 Å². The van der Waals surface area contributed by atoms with E-state index < -0.39 is 0 Å². The summed E-state index contributed by atoms with van der Waals surface area (Å²) in [5.41, 5.74) is 1.33. The van der Waals surface area contributed by atoms with Crippen LogP contribution in [0.4, 0.5) is 0 Å². The number of rotatable bonds is 2. The Morgan fingerprint density at radius 2 is 1.79 bits per heavy atom. The van der Waals surface area contributed by atoms with E-state index in [0.29, 0.717) is 10.0 Å². The molecule has 76 valence electrons. The topological polar surface area (TPSA) is 0 Å². The second-order valence-corrected chi connectivity index (χ2v) is 4.92. The largest absolute Gasteiger partial charge is 0.0827 e. The van der Waals surface area contributed by atoms with Gasteiger partial charge in [-0.25, -0.2) is 0 Å². The van der Waals surface area contributed by atoms with E-state index in [9.17, 15) is 0 Å². The molecule has 0 radical (unpaired) electrons. The van der Waals surface area contributed by atoms with E-state index in [4.69, 9.17) is 23.2 Å². The average Bonchev–Trinajstić information content (AvgIpc) is 2.64. The lowest BCUT2D eigenvalue weighted by Gasteiger charge is -2.09. The van der Waals surface area contributed by atoms with Crippen LogP contribution in [-0.2, 0) is 6.42 Å². The van der Waals surface area contributed by atoms with Gasteiger partial charge in [0.25, 0.3) is 0 Å². The monoisotopic (exact) mass is 228 g/mol. The van der Waals surface area contributed by atoms with Crippen LogP contribution in [0.3, 0.4) is 0 Å². The molecular formula is C12H14Cl2. The van der Waals surface area contributed by atoms with Gasteiger partial charge in [0.15, 0.2) is 0 Å². The summed E-state index contributed by atoms with van der Waals surface area (Å²) in [6.07, 6.45) is 6.70. The lowest BCUT2D eigenvalue weighted by molar-refractivity contribution is 0.546. The van der Waals surface area contributed by atoms with Gasteiger partial charge in [0, 0.05) is 0 Å². The van der Waals surface area contributed by atoms with E-state index in [1.54, 1.807) is 0 Å². The Morgan fingerprint density at radius 1 is 1.07 bits per heavy atom. The zero-order chi connectivity index (χ0) is 9.97. The molecule has 0 unspecified atom stereocenters. The van der Waals surface area contributed by atoms with Gasteiger partial charge in [-0.2, -0.15) is 0 Å². The zero-order valence-corrected chi connectivity index (χ0v) is 9.61. The molecule has 0 bridgehead atoms. The van der Waals surface area contributed by atoms with Gasteiger partial charge in [-0.1, -0.05) is 55.0 Å². The Balaban J connectivity index is 2.05. The van der Waals surface area contributed by atoms with Crippen molar-refractivity contribution in [1.29, 1.82) is 0 Å². The molecule has 1 fully saturated rings. The third-order valence-electron chi connectivity index (χ3n) is 2.98. The van der Waals surface area contributed by atoms with Crippen LogP contribution in [0.5, 0.6) is 0 Å². The molecule has 0 N–H and O–H groups in total. The molecule has 0 nitrogen and oxygen atoms in total. The Bertz CT molecular complexity index is 314. The lowest BCUT2D eigenvalue weighted by atomic mass is 9.98. The SMILES string of the molecule is Clc1ccc(CC2CCCC2)cc1Cl. The molecular weight excluding hydrogens is 215 g/mol. The molecule has 0 spiro atoms. The van der Waals surface area contributed by atoms with Crippen molar-refractivity contribution in [1.82, 2.24) is 0 Å². The maximum absolute atomic E-state index is 5.97. The maximum Gasteiger partial charge on any atom is 0.0595 e. The highest BCUT2D eigenvalue weighted by Gasteiger charge is 2.15. The van der Waals surface area contributed by atoms with Crippen LogP contribution in [0.25, 0.3) is 0 Å². The second-order valence-electron chi connectivity index (χ2n) is 4.10. The summed E-state index contributed by atoms with van der Waals surface area (Å²) in [6.45, 7) is 0. The zero-order valence-electron chi connectivity index (χ0n) is 8.10. The fourth-order valence-corrected chi connectivity index (χ4v) is 2.54. The van der Waals surface area contributed by atoms with Crippen molar-refractivity contribution in [3.05, 3.63) is 33.8 Å². The Hall–Kier alpha value is -0.200. The molecule has 0 aliphatic heterocycles. The summed E-state index contributed by atoms with van der Waals surface area (Å²) >= 11 is 11.8. The molecule has 1 saturated carbocycles. The normalized spacial score (nSPS) is 17.6. The lowest BCUT2D eigenvalue weighted by Crippen LogP contribution is -1.98. The minimum atomic E-state index is 0.654. The molecule has 2 rings (SSSR count). The van der Waals surface area contributed by atoms with Gasteiger partial charge in [0.1, 0.15) is 0 Å². The van der Waals surface area contributed by atoms with Crippen molar-refractivity contribution < 1.29 is 0 Å². The number of hydrogen-bond donors (Lipinski definition) is 0. The van der Waals surface area contributed by atoms with Crippen LogP contribution in [0.1, 0.15) is 31.2 Å². The van der Waals surface area contributed by atoms with Crippen LogP contribution in [0.15, 0.2) is 18.2 Å². The van der Waals surface area contributed by atoms with E-state index >= 15 is 0 Å². The van der Waals surface area contributed by atoms with Gasteiger partial charge in [0.2, 0.25) is 0 Å². The highest BCUT2D eigenvalue weighted by molar-refractivity contribution is 6.42. The Kier molecular flexibility index (Phi) is 3.35. The van der Waals surface area contributed by atoms with Crippen molar-refractivity contribution in [3.63, 3.8) is 0 Å². The highest BCUT2D eigenvalue weighted by atomic mass is 35.5. The predicted molar refractivity (Wildman–Crippen MR) is 62.1 cm³/mol. The molecule has 0 aromatic heterocycles. The first-order valence-electron chi connectivity index (χ1n) is 5.19. The van der Waals surface area contributed by atoms with E-state index in [2.05, 4.69) is 6.07 Å². The fourth-order valence-electron chi connectivity index (χ4n) is 2.21. The van der Waals surface area contributed by atoms with Crippen LogP contribution in [-0.4, -0.2) is 0 Å². The molecule has 1 aliphatic carbocycles. The molecule has 0 atom stereocenters. The Labute approximate surface area is 95.2 Å². The van der Waals surface area contributed by atoms with Crippen LogP contribution in [0.2, 0.25) is 10.0 Å². The first-order chi connectivity index (χ1) is 6.75. The van der Waals surface area contributed by atoms with Crippen molar-refractivity contribution in [3.8, 4) is 0 Å². The molecule has 1 aliphatic rings. The number of halogens is 2. The molecule has 0 heterocycles. The standard InChI is InChI=1S/C12H14Cl2/c13-11-6-5-10(8-12(11)14)7-9-3-1-2-4-9/h5-6,8-9H,1-4,7H2. The van der Waals surface area contributed by atoms with E-state index in [1.807, 2.05) is 12.1 Å². The quantitative estimate of drug-likeness (QED) is 0.687. The van der Waals surface area contributed by atoms with Crippen LogP contribution in [0, 0.1) is 5.92 Å². The minimum Gasteiger partial charge on any atom is -0.0827 e. The predicted octanol–water partition coefficient (Wildman–Crippen LogP) is 4.73. The third-order valence-corrected chi connectivity index (χ3v) is 3.72. The van der Waals surface area contributed by atoms with Gasteiger partial charge in [-0.3, -0.25) is 0 Å². The van der Waals surface area contributed by atoms with Gasteiger partial charge in [0.05, 0.1) is 10.0 Å². The van der Waals surface area contributed by atoms with Crippen LogP contribution >= 0.6 is 23.2 Å². The molecule has 0 saturated heterocycles. The summed E-state index contributed by atoms with van der Waals surface area (Å²) in [4.78, 5) is 0. The minimum absolute atomic E-state index is 0.654. The Morgan fingerprint density at radius 3 is 2.43 bits per heavy atom. The summed E-state index contributed by atoms with van der Waals surface area (Å²) in [5, 5.41) is 1.34. The van der Waals surface area contributed by atoms with E-state index in [1.165, 1.54) is 31.2 Å². The molecule has 14 heavy (non-hydrogen) atoms. The summed E-state index contributed by atoms with van der Waals surface area (Å²) in [7, 11) is 0. The van der Waals surface area contributed by atoms with Crippen LogP contribution < -0.4 is 0 Å². The summed E-state index contributed by atoms with van der Waals surface area (Å²) < 4.78 is 0. The van der Waals surface area contributed by atoms with E-state index in [-0.39, 0.29) is 0 Å².